The van der Waals surface area contributed by atoms with E-state index in [-0.39, 0.29) is 17.1 Å². The first-order valence-corrected chi connectivity index (χ1v) is 9.44. The van der Waals surface area contributed by atoms with Crippen molar-refractivity contribution in [1.29, 1.82) is 5.26 Å². The predicted octanol–water partition coefficient (Wildman–Crippen LogP) is 5.11. The van der Waals surface area contributed by atoms with Gasteiger partial charge in [0.05, 0.1) is 5.56 Å². The molecule has 0 spiro atoms. The summed E-state index contributed by atoms with van der Waals surface area (Å²) in [6.07, 6.45) is 7.76. The molecule has 3 rings (SSSR count). The molecule has 0 amide bonds. The molecule has 0 fully saturated rings. The topological polar surface area (TPSA) is 75.9 Å². The molecule has 5 nitrogen and oxygen atoms in total. The molecule has 146 valence electrons. The van der Waals surface area contributed by atoms with E-state index in [0.29, 0.717) is 0 Å². The van der Waals surface area contributed by atoms with Crippen molar-refractivity contribution in [2.75, 3.05) is 0 Å². The fraction of sp³-hybridized carbons (Fsp3) is 0.217. The van der Waals surface area contributed by atoms with Crippen LogP contribution in [0.2, 0.25) is 0 Å². The Morgan fingerprint density at radius 2 is 1.79 bits per heavy atom. The van der Waals surface area contributed by atoms with Gasteiger partial charge in [-0.15, -0.1) is 0 Å². The molecule has 0 saturated heterocycles. The Balaban J connectivity index is 1.65. The van der Waals surface area contributed by atoms with E-state index in [2.05, 4.69) is 29.0 Å². The SMILES string of the molecule is CCCCCc1ccc(-c2cnc(C(=O)Oc3ccc(C#N)c(F)c3)nc2)cc1. The summed E-state index contributed by atoms with van der Waals surface area (Å²) in [4.78, 5) is 20.3. The third-order valence-electron chi connectivity index (χ3n) is 4.46. The number of halogens is 1. The average molecular weight is 389 g/mol. The van der Waals surface area contributed by atoms with Gasteiger partial charge in [-0.05, 0) is 36.1 Å². The number of unbranched alkanes of at least 4 members (excludes halogenated alkanes) is 2. The maximum absolute atomic E-state index is 13.6. The standard InChI is InChI=1S/C23H20FN3O2/c1-2-3-4-5-16-6-8-17(9-7-16)19-14-26-22(27-15-19)23(28)29-20-11-10-18(13-25)21(24)12-20/h6-12,14-15H,2-5H2,1H3. The summed E-state index contributed by atoms with van der Waals surface area (Å²) in [6.45, 7) is 2.19. The average Bonchev–Trinajstić information content (AvgIpc) is 2.75. The maximum Gasteiger partial charge on any atom is 0.381 e. The Bertz CT molecular complexity index is 1030. The van der Waals surface area contributed by atoms with E-state index in [0.717, 1.165) is 23.6 Å². The molecule has 1 aromatic heterocycles. The van der Waals surface area contributed by atoms with Gasteiger partial charge >= 0.3 is 5.97 Å². The zero-order valence-corrected chi connectivity index (χ0v) is 16.1. The number of hydrogen-bond donors (Lipinski definition) is 0. The molecule has 0 N–H and O–H groups in total. The van der Waals surface area contributed by atoms with Gasteiger partial charge in [0.25, 0.3) is 0 Å². The van der Waals surface area contributed by atoms with Gasteiger partial charge in [-0.1, -0.05) is 44.0 Å². The van der Waals surface area contributed by atoms with Gasteiger partial charge in [-0.2, -0.15) is 5.26 Å². The van der Waals surface area contributed by atoms with Crippen molar-refractivity contribution in [3.05, 3.63) is 77.6 Å². The van der Waals surface area contributed by atoms with Gasteiger partial charge in [0, 0.05) is 24.0 Å². The summed E-state index contributed by atoms with van der Waals surface area (Å²) in [5, 5.41) is 8.73. The van der Waals surface area contributed by atoms with Crippen LogP contribution in [0.3, 0.4) is 0 Å². The van der Waals surface area contributed by atoms with Gasteiger partial charge in [0.2, 0.25) is 5.82 Å². The van der Waals surface area contributed by atoms with Crippen molar-refractivity contribution >= 4 is 5.97 Å². The second kappa shape index (κ2) is 9.56. The quantitative estimate of drug-likeness (QED) is 0.319. The number of ether oxygens (including phenoxy) is 1. The second-order valence-electron chi connectivity index (χ2n) is 6.59. The number of hydrogen-bond acceptors (Lipinski definition) is 5. The number of carbonyl (C=O) groups is 1. The molecular weight excluding hydrogens is 369 g/mol. The Kier molecular flexibility index (Phi) is 6.64. The Morgan fingerprint density at radius 1 is 1.07 bits per heavy atom. The van der Waals surface area contributed by atoms with Crippen LogP contribution < -0.4 is 4.74 Å². The molecule has 29 heavy (non-hydrogen) atoms. The van der Waals surface area contributed by atoms with Crippen LogP contribution in [0.4, 0.5) is 4.39 Å². The monoisotopic (exact) mass is 389 g/mol. The molecular formula is C23H20FN3O2. The largest absolute Gasteiger partial charge is 0.421 e. The fourth-order valence-corrected chi connectivity index (χ4v) is 2.83. The lowest BCUT2D eigenvalue weighted by Gasteiger charge is -2.06. The summed E-state index contributed by atoms with van der Waals surface area (Å²) in [7, 11) is 0. The first kappa shape index (κ1) is 20.2. The maximum atomic E-state index is 13.6. The Morgan fingerprint density at radius 3 is 2.41 bits per heavy atom. The van der Waals surface area contributed by atoms with E-state index in [1.165, 1.54) is 37.0 Å². The van der Waals surface area contributed by atoms with Crippen molar-refractivity contribution < 1.29 is 13.9 Å². The zero-order chi connectivity index (χ0) is 20.6. The summed E-state index contributed by atoms with van der Waals surface area (Å²) >= 11 is 0. The number of esters is 1. The minimum atomic E-state index is -0.799. The third kappa shape index (κ3) is 5.23. The number of benzene rings is 2. The van der Waals surface area contributed by atoms with E-state index in [1.807, 2.05) is 12.1 Å². The summed E-state index contributed by atoms with van der Waals surface area (Å²) < 4.78 is 18.7. The second-order valence-corrected chi connectivity index (χ2v) is 6.59. The molecule has 2 aromatic carbocycles. The molecule has 0 atom stereocenters. The van der Waals surface area contributed by atoms with Crippen molar-refractivity contribution in [1.82, 2.24) is 9.97 Å². The fourth-order valence-electron chi connectivity index (χ4n) is 2.83. The van der Waals surface area contributed by atoms with Crippen molar-refractivity contribution in [3.63, 3.8) is 0 Å². The number of aromatic nitrogens is 2. The van der Waals surface area contributed by atoms with Gasteiger partial charge in [0.1, 0.15) is 17.6 Å². The minimum Gasteiger partial charge on any atom is -0.421 e. The highest BCUT2D eigenvalue weighted by Gasteiger charge is 2.14. The molecule has 0 bridgehead atoms. The molecule has 0 aliphatic carbocycles. The van der Waals surface area contributed by atoms with Gasteiger partial charge < -0.3 is 4.74 Å². The van der Waals surface area contributed by atoms with E-state index in [9.17, 15) is 9.18 Å². The molecule has 3 aromatic rings. The number of aryl methyl sites for hydroxylation is 1. The molecule has 0 unspecified atom stereocenters. The molecule has 1 heterocycles. The highest BCUT2D eigenvalue weighted by molar-refractivity contribution is 5.87. The summed E-state index contributed by atoms with van der Waals surface area (Å²) in [6, 6.07) is 13.5. The first-order valence-electron chi connectivity index (χ1n) is 9.44. The van der Waals surface area contributed by atoms with Crippen LogP contribution in [0, 0.1) is 17.1 Å². The lowest BCUT2D eigenvalue weighted by molar-refractivity contribution is 0.0721. The van der Waals surface area contributed by atoms with E-state index < -0.39 is 11.8 Å². The van der Waals surface area contributed by atoms with Crippen LogP contribution in [0.25, 0.3) is 11.1 Å². The van der Waals surface area contributed by atoms with E-state index in [1.54, 1.807) is 18.5 Å². The van der Waals surface area contributed by atoms with Crippen molar-refractivity contribution in [3.8, 4) is 22.9 Å². The minimum absolute atomic E-state index is 0.0159. The number of nitriles is 1. The van der Waals surface area contributed by atoms with Crippen LogP contribution in [0.1, 0.15) is 47.9 Å². The lowest BCUT2D eigenvalue weighted by Crippen LogP contribution is -2.12. The number of nitrogens with zero attached hydrogens (tertiary/aromatic N) is 3. The highest BCUT2D eigenvalue weighted by Crippen LogP contribution is 2.20. The first-order chi connectivity index (χ1) is 14.1. The predicted molar refractivity (Wildman–Crippen MR) is 107 cm³/mol. The lowest BCUT2D eigenvalue weighted by atomic mass is 10.0. The molecule has 0 radical (unpaired) electrons. The summed E-state index contributed by atoms with van der Waals surface area (Å²) in [5.41, 5.74) is 2.91. The van der Waals surface area contributed by atoms with Gasteiger partial charge in [-0.25, -0.2) is 19.2 Å². The summed E-state index contributed by atoms with van der Waals surface area (Å²) in [5.74, 6) is -1.70. The Hall–Kier alpha value is -3.59. The third-order valence-corrected chi connectivity index (χ3v) is 4.46. The molecule has 0 aliphatic rings. The van der Waals surface area contributed by atoms with E-state index >= 15 is 0 Å². The van der Waals surface area contributed by atoms with Crippen molar-refractivity contribution in [2.24, 2.45) is 0 Å². The van der Waals surface area contributed by atoms with Crippen LogP contribution >= 0.6 is 0 Å². The van der Waals surface area contributed by atoms with Crippen LogP contribution in [0.15, 0.2) is 54.9 Å². The zero-order valence-electron chi connectivity index (χ0n) is 16.1. The molecule has 0 saturated carbocycles. The van der Waals surface area contributed by atoms with Gasteiger partial charge in [-0.3, -0.25) is 0 Å². The van der Waals surface area contributed by atoms with Crippen molar-refractivity contribution in [2.45, 2.75) is 32.6 Å². The van der Waals surface area contributed by atoms with Crippen LogP contribution in [-0.2, 0) is 6.42 Å². The smallest absolute Gasteiger partial charge is 0.381 e. The normalized spacial score (nSPS) is 10.4. The Labute approximate surface area is 168 Å². The van der Waals surface area contributed by atoms with Crippen LogP contribution in [-0.4, -0.2) is 15.9 Å². The molecule has 6 heteroatoms. The van der Waals surface area contributed by atoms with Gasteiger partial charge in [0.15, 0.2) is 0 Å². The number of carbonyl (C=O) groups excluding carboxylic acids is 1. The number of rotatable bonds is 7. The highest BCUT2D eigenvalue weighted by atomic mass is 19.1. The van der Waals surface area contributed by atoms with Crippen LogP contribution in [0.5, 0.6) is 5.75 Å². The molecule has 0 aliphatic heterocycles. The van der Waals surface area contributed by atoms with E-state index in [4.69, 9.17) is 10.00 Å².